The van der Waals surface area contributed by atoms with Gasteiger partial charge in [0.2, 0.25) is 0 Å². The quantitative estimate of drug-likeness (QED) is 0.829. The van der Waals surface area contributed by atoms with E-state index in [1.54, 1.807) is 30.7 Å². The van der Waals surface area contributed by atoms with Crippen molar-refractivity contribution in [3.8, 4) is 0 Å². The number of rotatable bonds is 6. The second-order valence-corrected chi connectivity index (χ2v) is 5.99. The van der Waals surface area contributed by atoms with E-state index >= 15 is 0 Å². The zero-order valence-corrected chi connectivity index (χ0v) is 14.0. The van der Waals surface area contributed by atoms with E-state index in [1.807, 2.05) is 10.7 Å². The molecule has 1 N–H and O–H groups in total. The van der Waals surface area contributed by atoms with Crippen molar-refractivity contribution < 1.29 is 4.79 Å². The third-order valence-electron chi connectivity index (χ3n) is 4.10. The second kappa shape index (κ2) is 7.88. The van der Waals surface area contributed by atoms with E-state index in [0.29, 0.717) is 17.9 Å². The standard InChI is InChI=1S/C18H23N5O/c1-2-11-22-12-3-4-15(13-22)14-23-17(7-10-20-23)21-18(24)16-5-8-19-9-6-16/h4-10H,2-3,11-14H2,1H3,(H,21,24). The van der Waals surface area contributed by atoms with Crippen molar-refractivity contribution >= 4 is 11.7 Å². The maximum Gasteiger partial charge on any atom is 0.256 e. The van der Waals surface area contributed by atoms with E-state index in [0.717, 1.165) is 26.1 Å². The summed E-state index contributed by atoms with van der Waals surface area (Å²) in [5.74, 6) is 0.565. The van der Waals surface area contributed by atoms with Crippen molar-refractivity contribution in [3.63, 3.8) is 0 Å². The van der Waals surface area contributed by atoms with E-state index in [9.17, 15) is 4.79 Å². The third-order valence-corrected chi connectivity index (χ3v) is 4.10. The fraction of sp³-hybridized carbons (Fsp3) is 0.389. The minimum atomic E-state index is -0.149. The van der Waals surface area contributed by atoms with Crippen molar-refractivity contribution in [3.05, 3.63) is 54.0 Å². The van der Waals surface area contributed by atoms with E-state index in [-0.39, 0.29) is 5.91 Å². The first kappa shape index (κ1) is 16.4. The summed E-state index contributed by atoms with van der Waals surface area (Å²) in [7, 11) is 0. The first-order chi connectivity index (χ1) is 11.8. The number of amides is 1. The SMILES string of the molecule is CCCN1CCC=C(Cn2nccc2NC(=O)c2ccncc2)C1. The van der Waals surface area contributed by atoms with Gasteiger partial charge in [-0.15, -0.1) is 0 Å². The Morgan fingerprint density at radius 3 is 2.88 bits per heavy atom. The molecule has 0 radical (unpaired) electrons. The van der Waals surface area contributed by atoms with Crippen LogP contribution in [0, 0.1) is 0 Å². The van der Waals surface area contributed by atoms with Gasteiger partial charge in [-0.1, -0.05) is 13.0 Å². The highest BCUT2D eigenvalue weighted by Crippen LogP contribution is 2.15. The Bertz CT molecular complexity index is 707. The number of nitrogens with zero attached hydrogens (tertiary/aromatic N) is 4. The van der Waals surface area contributed by atoms with Gasteiger partial charge in [-0.25, -0.2) is 4.68 Å². The largest absolute Gasteiger partial charge is 0.307 e. The molecule has 2 aromatic rings. The molecule has 6 nitrogen and oxygen atoms in total. The molecule has 1 aliphatic heterocycles. The summed E-state index contributed by atoms with van der Waals surface area (Å²) in [6.45, 7) is 6.15. The van der Waals surface area contributed by atoms with Gasteiger partial charge in [0, 0.05) is 37.1 Å². The Labute approximate surface area is 142 Å². The number of hydrogen-bond acceptors (Lipinski definition) is 4. The molecule has 2 aromatic heterocycles. The fourth-order valence-corrected chi connectivity index (χ4v) is 2.95. The van der Waals surface area contributed by atoms with Gasteiger partial charge in [0.1, 0.15) is 5.82 Å². The Morgan fingerprint density at radius 2 is 2.08 bits per heavy atom. The van der Waals surface area contributed by atoms with Crippen LogP contribution in [0.5, 0.6) is 0 Å². The first-order valence-electron chi connectivity index (χ1n) is 8.39. The lowest BCUT2D eigenvalue weighted by Crippen LogP contribution is -2.32. The van der Waals surface area contributed by atoms with Crippen molar-refractivity contribution in [1.29, 1.82) is 0 Å². The smallest absolute Gasteiger partial charge is 0.256 e. The number of nitrogens with one attached hydrogen (secondary N) is 1. The van der Waals surface area contributed by atoms with Gasteiger partial charge < -0.3 is 5.32 Å². The third kappa shape index (κ3) is 4.08. The molecule has 0 unspecified atom stereocenters. The normalized spacial score (nSPS) is 15.1. The zero-order chi connectivity index (χ0) is 16.8. The van der Waals surface area contributed by atoms with Crippen molar-refractivity contribution in [2.24, 2.45) is 0 Å². The molecular formula is C18H23N5O. The molecule has 0 spiro atoms. The van der Waals surface area contributed by atoms with Gasteiger partial charge in [0.05, 0.1) is 12.7 Å². The molecular weight excluding hydrogens is 302 g/mol. The van der Waals surface area contributed by atoms with Crippen LogP contribution in [-0.2, 0) is 6.54 Å². The van der Waals surface area contributed by atoms with Crippen LogP contribution in [0.4, 0.5) is 5.82 Å². The highest BCUT2D eigenvalue weighted by atomic mass is 16.1. The van der Waals surface area contributed by atoms with Gasteiger partial charge in [0.25, 0.3) is 5.91 Å². The monoisotopic (exact) mass is 325 g/mol. The minimum Gasteiger partial charge on any atom is -0.307 e. The summed E-state index contributed by atoms with van der Waals surface area (Å²) in [5, 5.41) is 7.28. The molecule has 0 bridgehead atoms. The van der Waals surface area contributed by atoms with E-state index < -0.39 is 0 Å². The second-order valence-electron chi connectivity index (χ2n) is 5.99. The Balaban J connectivity index is 1.65. The first-order valence-corrected chi connectivity index (χ1v) is 8.39. The molecule has 126 valence electrons. The predicted molar refractivity (Wildman–Crippen MR) is 93.8 cm³/mol. The summed E-state index contributed by atoms with van der Waals surface area (Å²) in [5.41, 5.74) is 1.93. The van der Waals surface area contributed by atoms with Crippen LogP contribution in [0.3, 0.4) is 0 Å². The maximum atomic E-state index is 12.3. The van der Waals surface area contributed by atoms with Gasteiger partial charge in [-0.3, -0.25) is 14.7 Å². The van der Waals surface area contributed by atoms with Gasteiger partial charge in [-0.2, -0.15) is 5.10 Å². The van der Waals surface area contributed by atoms with E-state index in [2.05, 4.69) is 33.3 Å². The minimum absolute atomic E-state index is 0.149. The summed E-state index contributed by atoms with van der Waals surface area (Å²) in [6, 6.07) is 5.22. The molecule has 3 heterocycles. The van der Waals surface area contributed by atoms with Crippen LogP contribution < -0.4 is 5.32 Å². The lowest BCUT2D eigenvalue weighted by molar-refractivity contribution is 0.102. The van der Waals surface area contributed by atoms with Gasteiger partial charge in [0.15, 0.2) is 0 Å². The van der Waals surface area contributed by atoms with Crippen molar-refractivity contribution in [2.75, 3.05) is 25.0 Å². The highest BCUT2D eigenvalue weighted by Gasteiger charge is 2.14. The topological polar surface area (TPSA) is 63.1 Å². The Kier molecular flexibility index (Phi) is 5.38. The molecule has 24 heavy (non-hydrogen) atoms. The average molecular weight is 325 g/mol. The van der Waals surface area contributed by atoms with Gasteiger partial charge >= 0.3 is 0 Å². The predicted octanol–water partition coefficient (Wildman–Crippen LogP) is 2.57. The zero-order valence-electron chi connectivity index (χ0n) is 14.0. The molecule has 0 saturated heterocycles. The Morgan fingerprint density at radius 1 is 1.25 bits per heavy atom. The summed E-state index contributed by atoms with van der Waals surface area (Å²) >= 11 is 0. The van der Waals surface area contributed by atoms with E-state index in [1.165, 1.54) is 12.0 Å². The molecule has 3 rings (SSSR count). The van der Waals surface area contributed by atoms with Crippen LogP contribution >= 0.6 is 0 Å². The van der Waals surface area contributed by atoms with Crippen LogP contribution in [0.25, 0.3) is 0 Å². The number of aromatic nitrogens is 3. The lowest BCUT2D eigenvalue weighted by Gasteiger charge is -2.27. The van der Waals surface area contributed by atoms with Crippen molar-refractivity contribution in [2.45, 2.75) is 26.3 Å². The molecule has 0 aliphatic carbocycles. The number of pyridine rings is 1. The Hall–Kier alpha value is -2.47. The number of anilines is 1. The van der Waals surface area contributed by atoms with Crippen LogP contribution in [0.2, 0.25) is 0 Å². The molecule has 6 heteroatoms. The number of carbonyl (C=O) groups is 1. The fourth-order valence-electron chi connectivity index (χ4n) is 2.95. The molecule has 0 atom stereocenters. The molecule has 0 fully saturated rings. The summed E-state index contributed by atoms with van der Waals surface area (Å²) in [6.07, 6.45) is 9.48. The molecule has 0 saturated carbocycles. The van der Waals surface area contributed by atoms with Crippen LogP contribution in [0.1, 0.15) is 30.1 Å². The van der Waals surface area contributed by atoms with Crippen LogP contribution in [0.15, 0.2) is 48.4 Å². The van der Waals surface area contributed by atoms with Gasteiger partial charge in [-0.05, 0) is 37.1 Å². The molecule has 1 aliphatic rings. The van der Waals surface area contributed by atoms with Crippen LogP contribution in [-0.4, -0.2) is 45.2 Å². The van der Waals surface area contributed by atoms with Crippen molar-refractivity contribution in [1.82, 2.24) is 19.7 Å². The maximum absolute atomic E-state index is 12.3. The molecule has 0 aromatic carbocycles. The number of hydrogen-bond donors (Lipinski definition) is 1. The lowest BCUT2D eigenvalue weighted by atomic mass is 10.1. The number of carbonyl (C=O) groups excluding carboxylic acids is 1. The highest BCUT2D eigenvalue weighted by molar-refractivity contribution is 6.03. The molecule has 1 amide bonds. The summed E-state index contributed by atoms with van der Waals surface area (Å²) in [4.78, 5) is 18.7. The summed E-state index contributed by atoms with van der Waals surface area (Å²) < 4.78 is 1.85. The average Bonchev–Trinajstić information content (AvgIpc) is 3.03. The van der Waals surface area contributed by atoms with E-state index in [4.69, 9.17) is 0 Å².